The average molecular weight is 385 g/mol. The SMILES string of the molecule is C=CC1(F)CC(NC(=O)c2cc(OC(C)c3ccccc3)c(C(=O)NC)[nH]2)C1. The Morgan fingerprint density at radius 3 is 2.61 bits per heavy atom. The number of alkyl halides is 1. The maximum atomic E-state index is 13.9. The van der Waals surface area contributed by atoms with Crippen molar-refractivity contribution in [1.29, 1.82) is 0 Å². The second-order valence-corrected chi connectivity index (χ2v) is 6.99. The fourth-order valence-electron chi connectivity index (χ4n) is 3.22. The van der Waals surface area contributed by atoms with Crippen LogP contribution in [-0.2, 0) is 0 Å². The number of ether oxygens (including phenoxy) is 1. The lowest BCUT2D eigenvalue weighted by molar-refractivity contribution is 0.0647. The van der Waals surface area contributed by atoms with Gasteiger partial charge < -0.3 is 20.4 Å². The molecule has 3 N–H and O–H groups in total. The van der Waals surface area contributed by atoms with Crippen LogP contribution in [0.1, 0.15) is 52.4 Å². The first kappa shape index (κ1) is 19.7. The van der Waals surface area contributed by atoms with Gasteiger partial charge in [-0.2, -0.15) is 0 Å². The molecular formula is C21H24FN3O3. The van der Waals surface area contributed by atoms with Crippen LogP contribution in [0.4, 0.5) is 4.39 Å². The fraction of sp³-hybridized carbons (Fsp3) is 0.333. The molecule has 1 heterocycles. The summed E-state index contributed by atoms with van der Waals surface area (Å²) < 4.78 is 19.8. The fourth-order valence-corrected chi connectivity index (χ4v) is 3.22. The largest absolute Gasteiger partial charge is 0.484 e. The maximum absolute atomic E-state index is 13.9. The number of aromatic amines is 1. The smallest absolute Gasteiger partial charge is 0.271 e. The van der Waals surface area contributed by atoms with E-state index in [2.05, 4.69) is 22.2 Å². The van der Waals surface area contributed by atoms with Crippen LogP contribution in [0.2, 0.25) is 0 Å². The van der Waals surface area contributed by atoms with Gasteiger partial charge in [-0.15, -0.1) is 0 Å². The highest BCUT2D eigenvalue weighted by molar-refractivity contribution is 5.99. The maximum Gasteiger partial charge on any atom is 0.271 e. The molecule has 2 aromatic rings. The van der Waals surface area contributed by atoms with Crippen LogP contribution in [-0.4, -0.2) is 35.6 Å². The molecule has 0 aliphatic heterocycles. The molecule has 28 heavy (non-hydrogen) atoms. The molecule has 0 spiro atoms. The summed E-state index contributed by atoms with van der Waals surface area (Å²) >= 11 is 0. The van der Waals surface area contributed by atoms with Crippen LogP contribution >= 0.6 is 0 Å². The average Bonchev–Trinajstić information content (AvgIpc) is 3.10. The van der Waals surface area contributed by atoms with E-state index in [0.29, 0.717) is 0 Å². The highest BCUT2D eigenvalue weighted by Gasteiger charge is 2.43. The number of halogens is 1. The van der Waals surface area contributed by atoms with Crippen molar-refractivity contribution < 1.29 is 18.7 Å². The normalized spacial score (nSPS) is 21.9. The van der Waals surface area contributed by atoms with Crippen LogP contribution in [0.25, 0.3) is 0 Å². The van der Waals surface area contributed by atoms with E-state index in [1.54, 1.807) is 0 Å². The minimum atomic E-state index is -1.42. The van der Waals surface area contributed by atoms with Crippen molar-refractivity contribution in [2.75, 3.05) is 7.05 Å². The molecule has 1 atom stereocenters. The zero-order valence-corrected chi connectivity index (χ0v) is 15.9. The summed E-state index contributed by atoms with van der Waals surface area (Å²) in [5, 5.41) is 5.29. The van der Waals surface area contributed by atoms with Gasteiger partial charge in [0.2, 0.25) is 0 Å². The molecule has 7 heteroatoms. The molecule has 3 rings (SSSR count). The van der Waals surface area contributed by atoms with Crippen LogP contribution in [0.3, 0.4) is 0 Å². The van der Waals surface area contributed by atoms with Crippen molar-refractivity contribution in [1.82, 2.24) is 15.6 Å². The molecule has 1 aromatic heterocycles. The standard InChI is InChI=1S/C21H24FN3O3/c1-4-21(22)11-15(12-21)24-19(26)16-10-17(18(25-16)20(27)23-3)28-13(2)14-8-6-5-7-9-14/h4-10,13,15,25H,1,11-12H2,2-3H3,(H,23,27)(H,24,26). The number of allylic oxidation sites excluding steroid dienone is 1. The molecular weight excluding hydrogens is 361 g/mol. The lowest BCUT2D eigenvalue weighted by Crippen LogP contribution is -2.51. The summed E-state index contributed by atoms with van der Waals surface area (Å²) in [4.78, 5) is 27.5. The Kier molecular flexibility index (Phi) is 5.53. The summed E-state index contributed by atoms with van der Waals surface area (Å²) in [5.41, 5.74) is -0.130. The monoisotopic (exact) mass is 385 g/mol. The number of aromatic nitrogens is 1. The van der Waals surface area contributed by atoms with Crippen molar-refractivity contribution >= 4 is 11.8 Å². The van der Waals surface area contributed by atoms with Crippen molar-refractivity contribution in [3.63, 3.8) is 0 Å². The van der Waals surface area contributed by atoms with E-state index in [1.807, 2.05) is 37.3 Å². The molecule has 1 fully saturated rings. The minimum absolute atomic E-state index is 0.162. The van der Waals surface area contributed by atoms with Crippen LogP contribution in [0.15, 0.2) is 49.1 Å². The van der Waals surface area contributed by atoms with Gasteiger partial charge in [-0.25, -0.2) is 4.39 Å². The van der Waals surface area contributed by atoms with E-state index >= 15 is 0 Å². The first-order valence-corrected chi connectivity index (χ1v) is 9.15. The van der Waals surface area contributed by atoms with Gasteiger partial charge in [0.1, 0.15) is 23.2 Å². The van der Waals surface area contributed by atoms with Gasteiger partial charge in [-0.3, -0.25) is 9.59 Å². The summed E-state index contributed by atoms with van der Waals surface area (Å²) in [5.74, 6) is -0.531. The Morgan fingerprint density at radius 1 is 1.32 bits per heavy atom. The van der Waals surface area contributed by atoms with E-state index in [-0.39, 0.29) is 42.1 Å². The minimum Gasteiger partial charge on any atom is -0.484 e. The Balaban J connectivity index is 1.75. The quantitative estimate of drug-likeness (QED) is 0.640. The van der Waals surface area contributed by atoms with Crippen molar-refractivity contribution in [3.05, 3.63) is 66.0 Å². The van der Waals surface area contributed by atoms with E-state index in [1.165, 1.54) is 19.2 Å². The van der Waals surface area contributed by atoms with Gasteiger partial charge in [0.15, 0.2) is 5.75 Å². The highest BCUT2D eigenvalue weighted by atomic mass is 19.1. The number of rotatable bonds is 7. The third-order valence-corrected chi connectivity index (χ3v) is 4.93. The Hall–Kier alpha value is -3.09. The van der Waals surface area contributed by atoms with Gasteiger partial charge in [-0.1, -0.05) is 43.0 Å². The number of hydrogen-bond donors (Lipinski definition) is 3. The molecule has 0 saturated heterocycles. The van der Waals surface area contributed by atoms with Gasteiger partial charge >= 0.3 is 0 Å². The second-order valence-electron chi connectivity index (χ2n) is 6.99. The number of amides is 2. The zero-order chi connectivity index (χ0) is 20.3. The predicted octanol–water partition coefficient (Wildman–Crippen LogP) is 3.30. The van der Waals surface area contributed by atoms with Gasteiger partial charge in [0.25, 0.3) is 11.8 Å². The van der Waals surface area contributed by atoms with Gasteiger partial charge in [0.05, 0.1) is 0 Å². The summed E-state index contributed by atoms with van der Waals surface area (Å²) in [6.45, 7) is 5.33. The Morgan fingerprint density at radius 2 is 2.00 bits per heavy atom. The molecule has 1 saturated carbocycles. The molecule has 1 unspecified atom stereocenters. The number of nitrogens with one attached hydrogen (secondary N) is 3. The highest BCUT2D eigenvalue weighted by Crippen LogP contribution is 2.37. The molecule has 2 amide bonds. The summed E-state index contributed by atoms with van der Waals surface area (Å²) in [7, 11) is 1.50. The third kappa shape index (κ3) is 4.08. The van der Waals surface area contributed by atoms with E-state index in [0.717, 1.165) is 5.56 Å². The van der Waals surface area contributed by atoms with Gasteiger partial charge in [-0.05, 0) is 12.5 Å². The lowest BCUT2D eigenvalue weighted by atomic mass is 9.77. The van der Waals surface area contributed by atoms with Crippen molar-refractivity contribution in [3.8, 4) is 5.75 Å². The second kappa shape index (κ2) is 7.88. The molecule has 0 radical (unpaired) electrons. The van der Waals surface area contributed by atoms with Crippen molar-refractivity contribution in [2.24, 2.45) is 0 Å². The molecule has 1 aromatic carbocycles. The number of hydrogen-bond acceptors (Lipinski definition) is 3. The first-order valence-electron chi connectivity index (χ1n) is 9.15. The van der Waals surface area contributed by atoms with E-state index < -0.39 is 17.5 Å². The summed E-state index contributed by atoms with van der Waals surface area (Å²) in [6, 6.07) is 10.8. The molecule has 1 aliphatic carbocycles. The van der Waals surface area contributed by atoms with E-state index in [9.17, 15) is 14.0 Å². The van der Waals surface area contributed by atoms with Crippen molar-refractivity contribution in [2.45, 2.75) is 37.6 Å². The third-order valence-electron chi connectivity index (χ3n) is 4.93. The van der Waals surface area contributed by atoms with E-state index in [4.69, 9.17) is 4.74 Å². The van der Waals surface area contributed by atoms with Crippen LogP contribution < -0.4 is 15.4 Å². The number of carbonyl (C=O) groups is 2. The molecule has 148 valence electrons. The Labute approximate surface area is 163 Å². The first-order chi connectivity index (χ1) is 13.3. The number of carbonyl (C=O) groups excluding carboxylic acids is 2. The molecule has 0 bridgehead atoms. The number of H-pyrrole nitrogens is 1. The molecule has 6 nitrogen and oxygen atoms in total. The lowest BCUT2D eigenvalue weighted by Gasteiger charge is -2.39. The van der Waals surface area contributed by atoms with Crippen LogP contribution in [0, 0.1) is 0 Å². The summed E-state index contributed by atoms with van der Waals surface area (Å²) in [6.07, 6.45) is 1.34. The topological polar surface area (TPSA) is 83.2 Å². The number of benzene rings is 1. The van der Waals surface area contributed by atoms with Gasteiger partial charge in [0, 0.05) is 32.0 Å². The predicted molar refractivity (Wildman–Crippen MR) is 104 cm³/mol. The Bertz CT molecular complexity index is 872. The van der Waals surface area contributed by atoms with Crippen LogP contribution in [0.5, 0.6) is 5.75 Å². The zero-order valence-electron chi connectivity index (χ0n) is 15.9. The molecule has 1 aliphatic rings.